The van der Waals surface area contributed by atoms with Crippen molar-refractivity contribution >= 4 is 39.6 Å². The lowest BCUT2D eigenvalue weighted by atomic mass is 9.68. The second kappa shape index (κ2) is 12.5. The molecule has 6 rings (SSSR count). The summed E-state index contributed by atoms with van der Waals surface area (Å²) in [6.07, 6.45) is 6.05. The molecule has 3 aromatic heterocycles. The Hall–Kier alpha value is -4.05. The van der Waals surface area contributed by atoms with Crippen LogP contribution in [-0.4, -0.2) is 70.9 Å². The highest BCUT2D eigenvalue weighted by Crippen LogP contribution is 2.38. The first-order valence-corrected chi connectivity index (χ1v) is 15.8. The third-order valence-corrected chi connectivity index (χ3v) is 9.56. The molecule has 1 aromatic carbocycles. The van der Waals surface area contributed by atoms with Crippen LogP contribution in [0.15, 0.2) is 45.7 Å². The number of pyridine rings is 1. The average molecular weight is 600 g/mol. The number of aromatic amines is 1. The predicted octanol–water partition coefficient (Wildman–Crippen LogP) is 5.03. The Kier molecular flexibility index (Phi) is 8.53. The van der Waals surface area contributed by atoms with Crippen molar-refractivity contribution in [2.24, 2.45) is 5.92 Å². The van der Waals surface area contributed by atoms with Gasteiger partial charge in [-0.25, -0.2) is 9.97 Å². The molecule has 2 aliphatic heterocycles. The summed E-state index contributed by atoms with van der Waals surface area (Å²) < 4.78 is 12.1. The summed E-state index contributed by atoms with van der Waals surface area (Å²) in [5.41, 5.74) is 2.95. The maximum atomic E-state index is 13.0. The Morgan fingerprint density at radius 2 is 1.93 bits per heavy atom. The van der Waals surface area contributed by atoms with E-state index >= 15 is 0 Å². The van der Waals surface area contributed by atoms with E-state index < -0.39 is 5.41 Å². The molecule has 232 valence electrons. The number of nitrogens with zero attached hydrogens (tertiary/aromatic N) is 4. The lowest BCUT2D eigenvalue weighted by Gasteiger charge is -2.44. The summed E-state index contributed by atoms with van der Waals surface area (Å²) >= 11 is 0. The molecule has 44 heavy (non-hydrogen) atoms. The number of anilines is 1. The lowest BCUT2D eigenvalue weighted by Crippen LogP contribution is -2.51. The van der Waals surface area contributed by atoms with Crippen LogP contribution in [0.25, 0.3) is 22.1 Å². The number of likely N-dealkylation sites (tertiary alicyclic amines) is 1. The van der Waals surface area contributed by atoms with Gasteiger partial charge in [0.15, 0.2) is 17.2 Å². The minimum Gasteiger partial charge on any atom is -0.450 e. The molecule has 1 amide bonds. The minimum atomic E-state index is -0.415. The van der Waals surface area contributed by atoms with Gasteiger partial charge in [0.25, 0.3) is 5.56 Å². The van der Waals surface area contributed by atoms with Gasteiger partial charge in [-0.15, -0.1) is 0 Å². The number of hydrogen-bond acceptors (Lipinski definition) is 8. The highest BCUT2D eigenvalue weighted by Gasteiger charge is 2.41. The van der Waals surface area contributed by atoms with Gasteiger partial charge in [0, 0.05) is 73.8 Å². The van der Waals surface area contributed by atoms with Crippen LogP contribution in [0.3, 0.4) is 0 Å². The second-order valence-electron chi connectivity index (χ2n) is 12.5. The van der Waals surface area contributed by atoms with Gasteiger partial charge < -0.3 is 23.9 Å². The SMILES string of the molecule is CC(=O)c1c[nH]c(=O)c(C2(C)CCN(C(=O)CCCOCCc3nc(N4CCCC4)c4oc5ccccc5c4n3)CC2C)c1. The fourth-order valence-corrected chi connectivity index (χ4v) is 6.60. The largest absolute Gasteiger partial charge is 0.450 e. The van der Waals surface area contributed by atoms with Crippen LogP contribution in [0.2, 0.25) is 0 Å². The van der Waals surface area contributed by atoms with Gasteiger partial charge in [-0.1, -0.05) is 26.0 Å². The van der Waals surface area contributed by atoms with E-state index in [2.05, 4.69) is 23.7 Å². The number of carbonyl (C=O) groups is 2. The summed E-state index contributed by atoms with van der Waals surface area (Å²) in [5.74, 6) is 1.69. The van der Waals surface area contributed by atoms with Gasteiger partial charge >= 0.3 is 0 Å². The fraction of sp³-hybridized carbons (Fsp3) is 0.500. The second-order valence-corrected chi connectivity index (χ2v) is 12.5. The van der Waals surface area contributed by atoms with Crippen LogP contribution in [0.1, 0.15) is 74.6 Å². The number of carbonyl (C=O) groups excluding carboxylic acids is 2. The van der Waals surface area contributed by atoms with E-state index in [-0.39, 0.29) is 23.2 Å². The number of H-pyrrole nitrogens is 1. The highest BCUT2D eigenvalue weighted by molar-refractivity contribution is 6.05. The van der Waals surface area contributed by atoms with Crippen LogP contribution in [0.4, 0.5) is 5.82 Å². The minimum absolute atomic E-state index is 0.0647. The smallest absolute Gasteiger partial charge is 0.251 e. The zero-order valence-corrected chi connectivity index (χ0v) is 25.9. The number of amides is 1. The molecule has 0 bridgehead atoms. The maximum absolute atomic E-state index is 13.0. The molecule has 4 aromatic rings. The normalized spacial score (nSPS) is 20.6. The summed E-state index contributed by atoms with van der Waals surface area (Å²) in [6.45, 7) is 9.66. The number of aromatic nitrogens is 3. The Labute approximate surface area is 256 Å². The van der Waals surface area contributed by atoms with Crippen LogP contribution >= 0.6 is 0 Å². The van der Waals surface area contributed by atoms with Crippen molar-refractivity contribution in [1.29, 1.82) is 0 Å². The van der Waals surface area contributed by atoms with Crippen molar-refractivity contribution in [3.63, 3.8) is 0 Å². The molecular formula is C34H41N5O5. The average Bonchev–Trinajstić information content (AvgIpc) is 3.68. The van der Waals surface area contributed by atoms with Crippen molar-refractivity contribution in [2.75, 3.05) is 44.3 Å². The molecule has 0 spiro atoms. The van der Waals surface area contributed by atoms with Crippen molar-refractivity contribution in [1.82, 2.24) is 19.9 Å². The molecule has 0 saturated carbocycles. The third-order valence-electron chi connectivity index (χ3n) is 9.56. The molecule has 2 fully saturated rings. The molecule has 2 saturated heterocycles. The first-order valence-electron chi connectivity index (χ1n) is 15.8. The first-order chi connectivity index (χ1) is 21.2. The van der Waals surface area contributed by atoms with Crippen LogP contribution < -0.4 is 10.5 Å². The number of Topliss-reactive ketones (excluding diaryl/α,β-unsaturated/α-hetero) is 1. The van der Waals surface area contributed by atoms with Crippen LogP contribution in [-0.2, 0) is 21.4 Å². The highest BCUT2D eigenvalue weighted by atomic mass is 16.5. The van der Waals surface area contributed by atoms with E-state index in [1.807, 2.05) is 29.2 Å². The molecular weight excluding hydrogens is 558 g/mol. The molecule has 5 heterocycles. The van der Waals surface area contributed by atoms with E-state index in [9.17, 15) is 14.4 Å². The molecule has 1 N–H and O–H groups in total. The topological polar surface area (TPSA) is 122 Å². The zero-order valence-electron chi connectivity index (χ0n) is 25.9. The van der Waals surface area contributed by atoms with Crippen LogP contribution in [0, 0.1) is 5.92 Å². The lowest BCUT2D eigenvalue weighted by molar-refractivity contribution is -0.134. The van der Waals surface area contributed by atoms with E-state index in [1.54, 1.807) is 6.07 Å². The summed E-state index contributed by atoms with van der Waals surface area (Å²) in [6, 6.07) is 9.69. The van der Waals surface area contributed by atoms with Crippen molar-refractivity contribution in [3.05, 3.63) is 63.8 Å². The van der Waals surface area contributed by atoms with Gasteiger partial charge in [-0.3, -0.25) is 14.4 Å². The molecule has 10 heteroatoms. The molecule has 0 radical (unpaired) electrons. The first kappa shape index (κ1) is 30.0. The number of ether oxygens (including phenoxy) is 1. The van der Waals surface area contributed by atoms with Gasteiger partial charge in [0.2, 0.25) is 5.91 Å². The monoisotopic (exact) mass is 599 g/mol. The van der Waals surface area contributed by atoms with Crippen molar-refractivity contribution in [2.45, 2.75) is 64.7 Å². The summed E-state index contributed by atoms with van der Waals surface area (Å²) in [4.78, 5) is 54.3. The summed E-state index contributed by atoms with van der Waals surface area (Å²) in [5, 5.41) is 0.995. The predicted molar refractivity (Wildman–Crippen MR) is 169 cm³/mol. The fourth-order valence-electron chi connectivity index (χ4n) is 6.60. The van der Waals surface area contributed by atoms with Gasteiger partial charge in [-0.2, -0.15) is 0 Å². The van der Waals surface area contributed by atoms with E-state index in [0.717, 1.165) is 59.6 Å². The Morgan fingerprint density at radius 1 is 1.14 bits per heavy atom. The maximum Gasteiger partial charge on any atom is 0.251 e. The van der Waals surface area contributed by atoms with Gasteiger partial charge in [-0.05, 0) is 56.7 Å². The number of ketones is 1. The number of rotatable bonds is 10. The van der Waals surface area contributed by atoms with Gasteiger partial charge in [0.05, 0.1) is 6.61 Å². The molecule has 2 atom stereocenters. The molecule has 2 aliphatic rings. The number of piperidine rings is 1. The number of hydrogen-bond donors (Lipinski definition) is 1. The quantitative estimate of drug-likeness (QED) is 0.199. The standard InChI is InChI=1S/C34H41N5O5/c1-22-21-39(16-13-34(22,3)26-19-24(23(2)40)20-35-33(26)42)29(41)11-8-17-43-18-12-28-36-30-25-9-4-5-10-27(25)44-31(30)32(37-28)38-14-6-7-15-38/h4-5,9-10,19-20,22H,6-8,11-18,21H2,1-3H3,(H,35,42). The number of para-hydroxylation sites is 1. The number of furan rings is 1. The third kappa shape index (κ3) is 5.87. The van der Waals surface area contributed by atoms with E-state index in [1.165, 1.54) is 13.1 Å². The molecule has 2 unspecified atom stereocenters. The molecule has 0 aliphatic carbocycles. The van der Waals surface area contributed by atoms with Crippen molar-refractivity contribution < 1.29 is 18.7 Å². The van der Waals surface area contributed by atoms with E-state index in [4.69, 9.17) is 19.1 Å². The Balaban J connectivity index is 1.01. The number of fused-ring (bicyclic) bond motifs is 3. The zero-order chi connectivity index (χ0) is 30.8. The van der Waals surface area contributed by atoms with Gasteiger partial charge in [0.1, 0.15) is 16.9 Å². The summed E-state index contributed by atoms with van der Waals surface area (Å²) in [7, 11) is 0. The van der Waals surface area contributed by atoms with Crippen LogP contribution in [0.5, 0.6) is 0 Å². The Bertz CT molecular complexity index is 1740. The number of nitrogens with one attached hydrogen (secondary N) is 1. The van der Waals surface area contributed by atoms with Crippen molar-refractivity contribution in [3.8, 4) is 0 Å². The Morgan fingerprint density at radius 3 is 2.70 bits per heavy atom. The van der Waals surface area contributed by atoms with E-state index in [0.29, 0.717) is 63.1 Å². The molecule has 10 nitrogen and oxygen atoms in total. The number of benzene rings is 1.